The van der Waals surface area contributed by atoms with Gasteiger partial charge >= 0.3 is 6.18 Å². The van der Waals surface area contributed by atoms with E-state index in [-0.39, 0.29) is 41.4 Å². The summed E-state index contributed by atoms with van der Waals surface area (Å²) in [5, 5.41) is 15.2. The first-order valence-corrected chi connectivity index (χ1v) is 21.9. The molecule has 0 bridgehead atoms. The highest BCUT2D eigenvalue weighted by Crippen LogP contribution is 2.34. The Morgan fingerprint density at radius 2 is 1.55 bits per heavy atom. The molecule has 334 valence electrons. The molecule has 2 amide bonds. The molecule has 2 aliphatic rings. The first-order chi connectivity index (χ1) is 31.5. The maximum absolute atomic E-state index is 14.7. The number of aryl methyl sites for hydroxylation is 1. The predicted molar refractivity (Wildman–Crippen MR) is 238 cm³/mol. The van der Waals surface area contributed by atoms with E-state index in [4.69, 9.17) is 14.4 Å². The zero-order chi connectivity index (χ0) is 45.1. The number of anilines is 2. The van der Waals surface area contributed by atoms with Gasteiger partial charge in [-0.25, -0.2) is 9.97 Å². The number of aromatic nitrogens is 7. The number of oxazole rings is 1. The second-order valence-electron chi connectivity index (χ2n) is 16.8. The van der Waals surface area contributed by atoms with Gasteiger partial charge in [-0.05, 0) is 117 Å². The van der Waals surface area contributed by atoms with E-state index < -0.39 is 11.7 Å². The molecule has 2 aromatic carbocycles. The summed E-state index contributed by atoms with van der Waals surface area (Å²) in [4.78, 5) is 52.8. The van der Waals surface area contributed by atoms with Crippen LogP contribution in [0.15, 0.2) is 114 Å². The monoisotopic (exact) mass is 883 g/mol. The molecule has 9 rings (SSSR count). The number of carbonyl (C=O) groups excluding carboxylic acids is 2. The Morgan fingerprint density at radius 1 is 0.800 bits per heavy atom. The number of amides is 2. The molecule has 2 saturated heterocycles. The van der Waals surface area contributed by atoms with E-state index >= 15 is 0 Å². The second-order valence-corrected chi connectivity index (χ2v) is 16.8. The van der Waals surface area contributed by atoms with Crippen molar-refractivity contribution in [2.75, 3.05) is 36.8 Å². The van der Waals surface area contributed by atoms with Crippen LogP contribution in [0.4, 0.5) is 25.0 Å². The molecule has 2 aliphatic heterocycles. The van der Waals surface area contributed by atoms with Gasteiger partial charge in [-0.1, -0.05) is 31.2 Å². The van der Waals surface area contributed by atoms with E-state index in [1.54, 1.807) is 24.7 Å². The van der Waals surface area contributed by atoms with Crippen LogP contribution >= 0.6 is 0 Å². The number of carbonyl (C=O) groups is 2. The van der Waals surface area contributed by atoms with Gasteiger partial charge in [0.15, 0.2) is 5.58 Å². The number of alkyl halides is 3. The molecule has 7 aromatic rings. The first kappa shape index (κ1) is 43.1. The summed E-state index contributed by atoms with van der Waals surface area (Å²) < 4.78 is 45.6. The standard InChI is InChI=1S/C48H48F3N11O3/c1-30-9-7-23-60(40(30)28-54-43-18-16-34(27-53-43)48(49,50)51)46(64)44-35(17-15-31(2)58-44)38-26-32(19-20-52-38)25-33-10-8-24-61(41(33)29-55-47-59-37-12-4-6-14-42(37)65-47)45(63)36-11-3-5-13-39(36)62-56-21-22-57-62/h3-6,11-22,26-27,30,33,40-41H,7-10,23-25,28-29H2,1-2H3,(H,53,54)(H,55,59)/t30-,33+,40-,41-/m1/s1. The number of nitrogens with one attached hydrogen (secondary N) is 2. The van der Waals surface area contributed by atoms with Crippen LogP contribution in [0, 0.1) is 18.8 Å². The van der Waals surface area contributed by atoms with Crippen molar-refractivity contribution in [1.82, 2.24) is 44.7 Å². The van der Waals surface area contributed by atoms with Crippen molar-refractivity contribution in [3.63, 3.8) is 0 Å². The van der Waals surface area contributed by atoms with Gasteiger partial charge in [-0.15, -0.1) is 0 Å². The van der Waals surface area contributed by atoms with Crippen LogP contribution in [-0.2, 0) is 12.6 Å². The number of para-hydroxylation sites is 3. The van der Waals surface area contributed by atoms with E-state index in [2.05, 4.69) is 37.7 Å². The average Bonchev–Trinajstić information content (AvgIpc) is 4.01. The van der Waals surface area contributed by atoms with Crippen LogP contribution in [0.3, 0.4) is 0 Å². The third-order valence-corrected chi connectivity index (χ3v) is 12.5. The summed E-state index contributed by atoms with van der Waals surface area (Å²) in [5.41, 5.74) is 4.77. The van der Waals surface area contributed by atoms with Gasteiger partial charge in [-0.3, -0.25) is 14.6 Å². The maximum Gasteiger partial charge on any atom is 0.417 e. The molecule has 5 aromatic heterocycles. The summed E-state index contributed by atoms with van der Waals surface area (Å²) in [5.74, 6) is 0.0328. The maximum atomic E-state index is 14.7. The fraction of sp³-hybridized carbons (Fsp3) is 0.333. The van der Waals surface area contributed by atoms with Crippen molar-refractivity contribution in [3.8, 4) is 16.9 Å². The number of hydrogen-bond donors (Lipinski definition) is 2. The molecule has 0 aliphatic carbocycles. The number of fused-ring (bicyclic) bond motifs is 1. The Hall–Kier alpha value is -7.17. The normalized spacial score (nSPS) is 19.0. The van der Waals surface area contributed by atoms with Gasteiger partial charge in [0, 0.05) is 49.8 Å². The molecule has 4 atom stereocenters. The number of rotatable bonds is 12. The zero-order valence-corrected chi connectivity index (χ0v) is 35.9. The molecule has 0 unspecified atom stereocenters. The van der Waals surface area contributed by atoms with E-state index in [0.29, 0.717) is 78.2 Å². The number of likely N-dealkylation sites (tertiary alicyclic amines) is 2. The van der Waals surface area contributed by atoms with Crippen molar-refractivity contribution >= 4 is 34.7 Å². The van der Waals surface area contributed by atoms with Crippen molar-refractivity contribution in [1.29, 1.82) is 0 Å². The number of pyridine rings is 3. The summed E-state index contributed by atoms with van der Waals surface area (Å²) in [6.07, 6.45) is 5.16. The lowest BCUT2D eigenvalue weighted by Gasteiger charge is -2.42. The second kappa shape index (κ2) is 18.5. The molecule has 2 fully saturated rings. The van der Waals surface area contributed by atoms with Crippen molar-refractivity contribution in [2.45, 2.75) is 64.2 Å². The molecule has 0 radical (unpaired) electrons. The topological polar surface area (TPSA) is 160 Å². The quantitative estimate of drug-likeness (QED) is 0.121. The molecule has 14 nitrogen and oxygen atoms in total. The van der Waals surface area contributed by atoms with Crippen molar-refractivity contribution in [3.05, 3.63) is 138 Å². The van der Waals surface area contributed by atoms with Crippen molar-refractivity contribution < 1.29 is 27.2 Å². The molecule has 17 heteroatoms. The van der Waals surface area contributed by atoms with Crippen LogP contribution in [0.25, 0.3) is 28.0 Å². The van der Waals surface area contributed by atoms with E-state index in [1.807, 2.05) is 83.5 Å². The van der Waals surface area contributed by atoms with Crippen LogP contribution in [0.5, 0.6) is 0 Å². The van der Waals surface area contributed by atoms with Crippen LogP contribution in [0.1, 0.15) is 70.3 Å². The molecule has 7 heterocycles. The van der Waals surface area contributed by atoms with Gasteiger partial charge < -0.3 is 24.9 Å². The van der Waals surface area contributed by atoms with Crippen molar-refractivity contribution in [2.24, 2.45) is 11.8 Å². The van der Waals surface area contributed by atoms with Gasteiger partial charge in [0.05, 0.1) is 47.0 Å². The predicted octanol–water partition coefficient (Wildman–Crippen LogP) is 8.52. The zero-order valence-electron chi connectivity index (χ0n) is 35.9. The number of nitrogens with zero attached hydrogens (tertiary/aromatic N) is 9. The summed E-state index contributed by atoms with van der Waals surface area (Å²) in [6.45, 7) is 5.64. The summed E-state index contributed by atoms with van der Waals surface area (Å²) in [6, 6.07) is 24.7. The van der Waals surface area contributed by atoms with Gasteiger partial charge in [0.2, 0.25) is 0 Å². The summed E-state index contributed by atoms with van der Waals surface area (Å²) in [7, 11) is 0. The van der Waals surface area contributed by atoms with E-state index in [1.165, 1.54) is 10.9 Å². The third-order valence-electron chi connectivity index (χ3n) is 12.5. The number of piperidine rings is 2. The fourth-order valence-corrected chi connectivity index (χ4v) is 9.17. The minimum atomic E-state index is -4.49. The van der Waals surface area contributed by atoms with Crippen LogP contribution in [-0.4, -0.2) is 94.8 Å². The number of benzene rings is 2. The Balaban J connectivity index is 0.980. The highest BCUT2D eigenvalue weighted by Gasteiger charge is 2.37. The molecule has 0 spiro atoms. The lowest BCUT2D eigenvalue weighted by atomic mass is 9.83. The number of hydrogen-bond acceptors (Lipinski definition) is 11. The fourth-order valence-electron chi connectivity index (χ4n) is 9.17. The molecular weight excluding hydrogens is 836 g/mol. The molecule has 2 N–H and O–H groups in total. The minimum absolute atomic E-state index is 0.00863. The highest BCUT2D eigenvalue weighted by atomic mass is 19.4. The smallest absolute Gasteiger partial charge is 0.417 e. The Bertz CT molecular complexity index is 2750. The summed E-state index contributed by atoms with van der Waals surface area (Å²) >= 11 is 0. The average molecular weight is 884 g/mol. The molecule has 0 saturated carbocycles. The molecular formula is C48H48F3N11O3. The number of halogens is 3. The SMILES string of the molecule is Cc1ccc(-c2cc(C[C@@H]3CCCN(C(=O)c4ccccc4-n4nccn4)[C@@H]3CNc3nc4ccccc4o3)ccn2)c(C(=O)N2CCC[C@@H](C)[C@H]2CNc2ccc(C(F)(F)F)cn2)n1. The third kappa shape index (κ3) is 9.40. The minimum Gasteiger partial charge on any atom is -0.424 e. The van der Waals surface area contributed by atoms with Crippen LogP contribution in [0.2, 0.25) is 0 Å². The Labute approximate surface area is 373 Å². The lowest BCUT2D eigenvalue weighted by molar-refractivity contribution is -0.137. The largest absolute Gasteiger partial charge is 0.424 e. The van der Waals surface area contributed by atoms with Gasteiger partial charge in [-0.2, -0.15) is 33.1 Å². The highest BCUT2D eigenvalue weighted by molar-refractivity contribution is 5.99. The molecule has 65 heavy (non-hydrogen) atoms. The van der Waals surface area contributed by atoms with E-state index in [9.17, 15) is 22.8 Å². The lowest BCUT2D eigenvalue weighted by Crippen LogP contribution is -2.52. The first-order valence-electron chi connectivity index (χ1n) is 21.9. The Morgan fingerprint density at radius 3 is 2.34 bits per heavy atom. The van der Waals surface area contributed by atoms with Gasteiger partial charge in [0.1, 0.15) is 17.0 Å². The van der Waals surface area contributed by atoms with Crippen LogP contribution < -0.4 is 10.6 Å². The Kier molecular flexibility index (Phi) is 12.3. The van der Waals surface area contributed by atoms with Gasteiger partial charge in [0.25, 0.3) is 17.8 Å². The van der Waals surface area contributed by atoms with E-state index in [0.717, 1.165) is 49.0 Å².